The maximum absolute atomic E-state index is 12.0. The normalized spacial score (nSPS) is 16.5. The monoisotopic (exact) mass is 328 g/mol. The predicted molar refractivity (Wildman–Crippen MR) is 92.2 cm³/mol. The minimum atomic E-state index is -0.114. The van der Waals surface area contributed by atoms with Gasteiger partial charge < -0.3 is 15.4 Å². The zero-order valence-corrected chi connectivity index (χ0v) is 14.4. The van der Waals surface area contributed by atoms with Crippen LogP contribution in [0.25, 0.3) is 0 Å². The number of nitrogens with zero attached hydrogens (tertiary/aromatic N) is 2. The van der Waals surface area contributed by atoms with E-state index in [2.05, 4.69) is 21.8 Å². The molecule has 0 aliphatic heterocycles. The lowest BCUT2D eigenvalue weighted by Crippen LogP contribution is -2.35. The second-order valence-electron chi connectivity index (χ2n) is 6.11. The summed E-state index contributed by atoms with van der Waals surface area (Å²) in [6.07, 6.45) is 2.79. The summed E-state index contributed by atoms with van der Waals surface area (Å²) in [7, 11) is 5.24. The number of fused-ring (bicyclic) bond motifs is 1. The fourth-order valence-electron chi connectivity index (χ4n) is 3.37. The lowest BCUT2D eigenvalue weighted by Gasteiger charge is -2.24. The summed E-state index contributed by atoms with van der Waals surface area (Å²) in [6.45, 7) is 0.750. The van der Waals surface area contributed by atoms with Crippen molar-refractivity contribution in [2.75, 3.05) is 14.2 Å². The summed E-state index contributed by atoms with van der Waals surface area (Å²) in [5.74, 6) is 0.783. The average Bonchev–Trinajstić information content (AvgIpc) is 2.95. The maximum Gasteiger partial charge on any atom is 0.271 e. The van der Waals surface area contributed by atoms with E-state index in [0.717, 1.165) is 42.7 Å². The highest BCUT2D eigenvalue weighted by Crippen LogP contribution is 2.25. The van der Waals surface area contributed by atoms with Gasteiger partial charge in [0.2, 0.25) is 0 Å². The van der Waals surface area contributed by atoms with E-state index >= 15 is 0 Å². The van der Waals surface area contributed by atoms with Crippen molar-refractivity contribution < 1.29 is 9.53 Å². The van der Waals surface area contributed by atoms with E-state index in [1.165, 1.54) is 5.69 Å². The molecule has 1 amide bonds. The Hall–Kier alpha value is -2.34. The molecule has 2 aromatic rings. The highest BCUT2D eigenvalue weighted by molar-refractivity contribution is 5.93. The number of carbonyl (C=O) groups excluding carboxylic acids is 1. The van der Waals surface area contributed by atoms with Crippen LogP contribution in [0.4, 0.5) is 0 Å². The van der Waals surface area contributed by atoms with Crippen LogP contribution in [0.15, 0.2) is 24.3 Å². The molecule has 0 bridgehead atoms. The number of rotatable bonds is 5. The highest BCUT2D eigenvalue weighted by Gasteiger charge is 2.27. The Balaban J connectivity index is 1.72. The van der Waals surface area contributed by atoms with Crippen molar-refractivity contribution in [2.24, 2.45) is 7.05 Å². The van der Waals surface area contributed by atoms with E-state index < -0.39 is 0 Å². The number of methoxy groups -OCH3 is 1. The van der Waals surface area contributed by atoms with Crippen LogP contribution in [0.1, 0.15) is 33.7 Å². The Morgan fingerprint density at radius 3 is 2.96 bits per heavy atom. The Kier molecular flexibility index (Phi) is 4.85. The Labute approximate surface area is 142 Å². The van der Waals surface area contributed by atoms with Crippen molar-refractivity contribution in [1.29, 1.82) is 0 Å². The fourth-order valence-corrected chi connectivity index (χ4v) is 3.37. The Morgan fingerprint density at radius 1 is 1.42 bits per heavy atom. The third kappa shape index (κ3) is 3.14. The molecule has 128 valence electrons. The SMILES string of the molecule is CNC(=O)c1nn(C)c2c1CC(NCc1ccccc1OC)CC2. The molecule has 0 spiro atoms. The van der Waals surface area contributed by atoms with Gasteiger partial charge >= 0.3 is 0 Å². The smallest absolute Gasteiger partial charge is 0.271 e. The van der Waals surface area contributed by atoms with Crippen LogP contribution in [0, 0.1) is 0 Å². The first-order valence-corrected chi connectivity index (χ1v) is 8.26. The molecule has 1 aromatic heterocycles. The number of aromatic nitrogens is 2. The topological polar surface area (TPSA) is 68.2 Å². The van der Waals surface area contributed by atoms with Crippen LogP contribution in [0.3, 0.4) is 0 Å². The number of carbonyl (C=O) groups is 1. The Morgan fingerprint density at radius 2 is 2.21 bits per heavy atom. The van der Waals surface area contributed by atoms with Gasteiger partial charge in [0.25, 0.3) is 5.91 Å². The van der Waals surface area contributed by atoms with Crippen molar-refractivity contribution in [3.8, 4) is 5.75 Å². The number of hydrogen-bond acceptors (Lipinski definition) is 4. The van der Waals surface area contributed by atoms with Gasteiger partial charge in [-0.15, -0.1) is 0 Å². The van der Waals surface area contributed by atoms with Gasteiger partial charge in [-0.3, -0.25) is 9.48 Å². The second kappa shape index (κ2) is 7.05. The van der Waals surface area contributed by atoms with Crippen LogP contribution < -0.4 is 15.4 Å². The maximum atomic E-state index is 12.0. The van der Waals surface area contributed by atoms with Gasteiger partial charge in [0.15, 0.2) is 5.69 Å². The molecule has 1 aliphatic rings. The summed E-state index contributed by atoms with van der Waals surface area (Å²) < 4.78 is 7.25. The van der Waals surface area contributed by atoms with Crippen LogP contribution >= 0.6 is 0 Å². The number of nitrogens with one attached hydrogen (secondary N) is 2. The average molecular weight is 328 g/mol. The number of para-hydroxylation sites is 1. The summed E-state index contributed by atoms with van der Waals surface area (Å²) in [5, 5.41) is 10.7. The molecule has 1 heterocycles. The first-order valence-electron chi connectivity index (χ1n) is 8.26. The van der Waals surface area contributed by atoms with Crippen LogP contribution in [-0.4, -0.2) is 35.9 Å². The number of ether oxygens (including phenoxy) is 1. The summed E-state index contributed by atoms with van der Waals surface area (Å²) in [4.78, 5) is 12.0. The summed E-state index contributed by atoms with van der Waals surface area (Å²) in [5.41, 5.74) is 3.94. The van der Waals surface area contributed by atoms with E-state index in [-0.39, 0.29) is 5.91 Å². The molecule has 1 unspecified atom stereocenters. The first-order chi connectivity index (χ1) is 11.6. The molecule has 6 heteroatoms. The molecule has 0 fully saturated rings. The standard InChI is InChI=1S/C18H24N4O2/c1-19-18(23)17-14-10-13(8-9-15(14)22(2)21-17)20-11-12-6-4-5-7-16(12)24-3/h4-7,13,20H,8-11H2,1-3H3,(H,19,23). The molecule has 0 saturated carbocycles. The van der Waals surface area contributed by atoms with Gasteiger partial charge in [0.1, 0.15) is 5.75 Å². The van der Waals surface area contributed by atoms with Crippen LogP contribution in [0.2, 0.25) is 0 Å². The van der Waals surface area contributed by atoms with Crippen LogP contribution in [0.5, 0.6) is 5.75 Å². The minimum absolute atomic E-state index is 0.114. The van der Waals surface area contributed by atoms with Gasteiger partial charge in [-0.05, 0) is 25.3 Å². The second-order valence-corrected chi connectivity index (χ2v) is 6.11. The van der Waals surface area contributed by atoms with Gasteiger partial charge in [0.05, 0.1) is 7.11 Å². The summed E-state index contributed by atoms with van der Waals surface area (Å²) >= 11 is 0. The lowest BCUT2D eigenvalue weighted by atomic mass is 9.91. The highest BCUT2D eigenvalue weighted by atomic mass is 16.5. The summed E-state index contributed by atoms with van der Waals surface area (Å²) in [6, 6.07) is 8.36. The van der Waals surface area contributed by atoms with Gasteiger partial charge in [-0.25, -0.2) is 0 Å². The number of aryl methyl sites for hydroxylation is 1. The Bertz CT molecular complexity index is 739. The quantitative estimate of drug-likeness (QED) is 0.871. The molecule has 0 radical (unpaired) electrons. The number of hydrogen-bond donors (Lipinski definition) is 2. The molecule has 3 rings (SSSR count). The lowest BCUT2D eigenvalue weighted by molar-refractivity contribution is 0.0956. The van der Waals surface area contributed by atoms with Crippen molar-refractivity contribution in [3.63, 3.8) is 0 Å². The molecular weight excluding hydrogens is 304 g/mol. The van der Waals surface area contributed by atoms with Gasteiger partial charge in [-0.1, -0.05) is 18.2 Å². The van der Waals surface area contributed by atoms with Crippen molar-refractivity contribution >= 4 is 5.91 Å². The molecule has 1 atom stereocenters. The van der Waals surface area contributed by atoms with Crippen molar-refractivity contribution in [3.05, 3.63) is 46.8 Å². The molecular formula is C18H24N4O2. The third-order valence-corrected chi connectivity index (χ3v) is 4.67. The van der Waals surface area contributed by atoms with E-state index in [9.17, 15) is 4.79 Å². The number of amides is 1. The van der Waals surface area contributed by atoms with E-state index in [1.807, 2.05) is 29.9 Å². The number of benzene rings is 1. The molecule has 6 nitrogen and oxygen atoms in total. The largest absolute Gasteiger partial charge is 0.496 e. The molecule has 1 aliphatic carbocycles. The van der Waals surface area contributed by atoms with Crippen molar-refractivity contribution in [2.45, 2.75) is 31.8 Å². The van der Waals surface area contributed by atoms with E-state index in [0.29, 0.717) is 11.7 Å². The molecule has 1 aromatic carbocycles. The fraction of sp³-hybridized carbons (Fsp3) is 0.444. The first kappa shape index (κ1) is 16.5. The third-order valence-electron chi connectivity index (χ3n) is 4.67. The predicted octanol–water partition coefficient (Wildman–Crippen LogP) is 1.44. The molecule has 2 N–H and O–H groups in total. The molecule has 24 heavy (non-hydrogen) atoms. The zero-order chi connectivity index (χ0) is 17.1. The van der Waals surface area contributed by atoms with Gasteiger partial charge in [0, 0.05) is 43.5 Å². The van der Waals surface area contributed by atoms with Gasteiger partial charge in [-0.2, -0.15) is 5.10 Å². The van der Waals surface area contributed by atoms with Crippen LogP contribution in [-0.2, 0) is 26.4 Å². The zero-order valence-electron chi connectivity index (χ0n) is 14.4. The van der Waals surface area contributed by atoms with E-state index in [4.69, 9.17) is 4.74 Å². The minimum Gasteiger partial charge on any atom is -0.496 e. The van der Waals surface area contributed by atoms with E-state index in [1.54, 1.807) is 14.2 Å². The van der Waals surface area contributed by atoms with Crippen molar-refractivity contribution in [1.82, 2.24) is 20.4 Å². The molecule has 0 saturated heterocycles.